The zero-order valence-corrected chi connectivity index (χ0v) is 21.1. The Morgan fingerprint density at radius 1 is 0.875 bits per heavy atom. The lowest BCUT2D eigenvalue weighted by Crippen LogP contribution is -2.67. The average molecular weight is 462 g/mol. The van der Waals surface area contributed by atoms with E-state index in [0.717, 1.165) is 22.7 Å². The first-order valence-electron chi connectivity index (χ1n) is 11.4. The van der Waals surface area contributed by atoms with Crippen molar-refractivity contribution in [2.45, 2.75) is 45.2 Å². The number of nitrogens with zero attached hydrogens (tertiary/aromatic N) is 1. The second kappa shape index (κ2) is 9.34. The summed E-state index contributed by atoms with van der Waals surface area (Å²) in [5.74, 6) is 0.416. The minimum absolute atomic E-state index is 0.0349. The molecule has 0 aromatic heterocycles. The number of aliphatic imine (C=N–C) groups is 1. The number of halogens is 1. The van der Waals surface area contributed by atoms with Gasteiger partial charge in [-0.15, -0.1) is 0 Å². The lowest BCUT2D eigenvalue weighted by Gasteiger charge is -2.43. The minimum atomic E-state index is -2.55. The van der Waals surface area contributed by atoms with E-state index in [9.17, 15) is 0 Å². The fourth-order valence-electron chi connectivity index (χ4n) is 4.87. The Morgan fingerprint density at radius 2 is 1.41 bits per heavy atom. The SMILES string of the molecule is C[C@H]1CC(c2ccccc2Cl)=N[C@@H]1CO[Si](c1ccccc1)(c1ccccc1)C(C)(C)C. The van der Waals surface area contributed by atoms with Crippen LogP contribution >= 0.6 is 11.6 Å². The second-order valence-corrected chi connectivity index (χ2v) is 14.5. The van der Waals surface area contributed by atoms with Crippen molar-refractivity contribution in [2.24, 2.45) is 10.9 Å². The first-order chi connectivity index (χ1) is 15.3. The maximum Gasteiger partial charge on any atom is 0.261 e. The van der Waals surface area contributed by atoms with Gasteiger partial charge in [0.15, 0.2) is 0 Å². The van der Waals surface area contributed by atoms with Crippen LogP contribution in [0.2, 0.25) is 10.1 Å². The van der Waals surface area contributed by atoms with Gasteiger partial charge in [0.05, 0.1) is 12.6 Å². The van der Waals surface area contributed by atoms with Crippen molar-refractivity contribution in [3.05, 3.63) is 95.5 Å². The highest BCUT2D eigenvalue weighted by atomic mass is 35.5. The van der Waals surface area contributed by atoms with E-state index in [1.807, 2.05) is 18.2 Å². The molecule has 0 aliphatic carbocycles. The van der Waals surface area contributed by atoms with Gasteiger partial charge in [-0.25, -0.2) is 0 Å². The largest absolute Gasteiger partial charge is 0.405 e. The summed E-state index contributed by atoms with van der Waals surface area (Å²) in [5.41, 5.74) is 2.15. The van der Waals surface area contributed by atoms with E-state index in [-0.39, 0.29) is 11.1 Å². The highest BCUT2D eigenvalue weighted by Crippen LogP contribution is 2.38. The fourth-order valence-corrected chi connectivity index (χ4v) is 9.69. The lowest BCUT2D eigenvalue weighted by molar-refractivity contribution is 0.250. The van der Waals surface area contributed by atoms with Crippen molar-refractivity contribution < 1.29 is 4.43 Å². The van der Waals surface area contributed by atoms with E-state index in [0.29, 0.717) is 12.5 Å². The van der Waals surface area contributed by atoms with E-state index >= 15 is 0 Å². The van der Waals surface area contributed by atoms with Crippen LogP contribution in [0.3, 0.4) is 0 Å². The quantitative estimate of drug-likeness (QED) is 0.405. The van der Waals surface area contributed by atoms with Gasteiger partial charge >= 0.3 is 0 Å². The highest BCUT2D eigenvalue weighted by molar-refractivity contribution is 6.99. The standard InChI is InChI=1S/C28H32ClNOSi/c1-21-19-26(24-17-11-12-18-25(24)29)30-27(21)20-31-32(28(2,3)4,22-13-7-5-8-14-22)23-15-9-6-10-16-23/h5-18,21,27H,19-20H2,1-4H3/t21-,27+/m0/s1. The van der Waals surface area contributed by atoms with Crippen LogP contribution in [0, 0.1) is 5.92 Å². The molecule has 0 spiro atoms. The molecular formula is C28H32ClNOSi. The van der Waals surface area contributed by atoms with Crippen LogP contribution in [0.15, 0.2) is 89.9 Å². The van der Waals surface area contributed by atoms with Crippen LogP contribution in [0.5, 0.6) is 0 Å². The van der Waals surface area contributed by atoms with E-state index < -0.39 is 8.32 Å². The van der Waals surface area contributed by atoms with Crippen LogP contribution in [0.25, 0.3) is 0 Å². The number of hydrogen-bond donors (Lipinski definition) is 0. The van der Waals surface area contributed by atoms with E-state index in [2.05, 4.69) is 94.4 Å². The van der Waals surface area contributed by atoms with Gasteiger partial charge in [0.25, 0.3) is 8.32 Å². The van der Waals surface area contributed by atoms with Gasteiger partial charge in [-0.1, -0.05) is 118 Å². The summed E-state index contributed by atoms with van der Waals surface area (Å²) in [6.45, 7) is 9.83. The molecule has 4 rings (SSSR count). The summed E-state index contributed by atoms with van der Waals surface area (Å²) in [5, 5.41) is 3.35. The summed E-state index contributed by atoms with van der Waals surface area (Å²) in [6.07, 6.45) is 0.929. The summed E-state index contributed by atoms with van der Waals surface area (Å²) in [7, 11) is -2.55. The van der Waals surface area contributed by atoms with Crippen LogP contribution in [-0.2, 0) is 4.43 Å². The summed E-state index contributed by atoms with van der Waals surface area (Å²) < 4.78 is 7.13. The molecule has 0 radical (unpaired) electrons. The van der Waals surface area contributed by atoms with Gasteiger partial charge in [0.1, 0.15) is 0 Å². The van der Waals surface area contributed by atoms with E-state index in [1.165, 1.54) is 10.4 Å². The first kappa shape index (κ1) is 23.0. The highest BCUT2D eigenvalue weighted by Gasteiger charge is 2.50. The summed E-state index contributed by atoms with van der Waals surface area (Å²) >= 11 is 6.46. The van der Waals surface area contributed by atoms with Gasteiger partial charge in [-0.05, 0) is 33.8 Å². The molecule has 3 aromatic carbocycles. The molecule has 0 amide bonds. The Kier molecular flexibility index (Phi) is 6.71. The Hall–Kier alpha value is -2.20. The molecule has 0 saturated carbocycles. The predicted molar refractivity (Wildman–Crippen MR) is 139 cm³/mol. The molecule has 2 atom stereocenters. The Morgan fingerprint density at radius 3 is 1.94 bits per heavy atom. The van der Waals surface area contributed by atoms with Crippen LogP contribution in [-0.4, -0.2) is 26.7 Å². The monoisotopic (exact) mass is 461 g/mol. The molecule has 1 aliphatic heterocycles. The molecule has 32 heavy (non-hydrogen) atoms. The van der Waals surface area contributed by atoms with Crippen LogP contribution < -0.4 is 10.4 Å². The van der Waals surface area contributed by atoms with Gasteiger partial charge in [0, 0.05) is 16.3 Å². The maximum atomic E-state index is 7.13. The van der Waals surface area contributed by atoms with Gasteiger partial charge in [-0.3, -0.25) is 4.99 Å². The zero-order valence-electron chi connectivity index (χ0n) is 19.4. The third-order valence-corrected chi connectivity index (χ3v) is 11.9. The number of rotatable bonds is 6. The van der Waals surface area contributed by atoms with E-state index in [1.54, 1.807) is 0 Å². The molecule has 1 aliphatic rings. The normalized spacial score (nSPS) is 19.1. The molecular weight excluding hydrogens is 430 g/mol. The van der Waals surface area contributed by atoms with E-state index in [4.69, 9.17) is 21.0 Å². The predicted octanol–water partition coefficient (Wildman–Crippen LogP) is 6.11. The number of hydrogen-bond acceptors (Lipinski definition) is 2. The molecule has 0 saturated heterocycles. The topological polar surface area (TPSA) is 21.6 Å². The third kappa shape index (κ3) is 4.34. The average Bonchev–Trinajstić information content (AvgIpc) is 3.15. The molecule has 4 heteroatoms. The van der Waals surface area contributed by atoms with Crippen molar-refractivity contribution in [1.82, 2.24) is 0 Å². The Balaban J connectivity index is 1.71. The van der Waals surface area contributed by atoms with Crippen molar-refractivity contribution in [2.75, 3.05) is 6.61 Å². The molecule has 1 heterocycles. The molecule has 2 nitrogen and oxygen atoms in total. The fraction of sp³-hybridized carbons (Fsp3) is 0.321. The van der Waals surface area contributed by atoms with Gasteiger partial charge < -0.3 is 4.43 Å². The minimum Gasteiger partial charge on any atom is -0.405 e. The molecule has 166 valence electrons. The van der Waals surface area contributed by atoms with Crippen molar-refractivity contribution in [3.63, 3.8) is 0 Å². The van der Waals surface area contributed by atoms with Crippen molar-refractivity contribution in [3.8, 4) is 0 Å². The maximum absolute atomic E-state index is 7.13. The Labute approximate surface area is 198 Å². The third-order valence-electron chi connectivity index (χ3n) is 6.57. The Bertz CT molecular complexity index is 1040. The van der Waals surface area contributed by atoms with Gasteiger partial charge in [0.2, 0.25) is 0 Å². The molecule has 3 aromatic rings. The van der Waals surface area contributed by atoms with Crippen LogP contribution in [0.4, 0.5) is 0 Å². The van der Waals surface area contributed by atoms with Gasteiger partial charge in [-0.2, -0.15) is 0 Å². The first-order valence-corrected chi connectivity index (χ1v) is 13.7. The molecule has 0 fully saturated rings. The van der Waals surface area contributed by atoms with Crippen molar-refractivity contribution >= 4 is 36.0 Å². The summed E-state index contributed by atoms with van der Waals surface area (Å²) in [6, 6.07) is 29.7. The zero-order chi connectivity index (χ0) is 22.8. The van der Waals surface area contributed by atoms with Crippen molar-refractivity contribution in [1.29, 1.82) is 0 Å². The molecule has 0 N–H and O–H groups in total. The number of benzene rings is 3. The second-order valence-electron chi connectivity index (χ2n) is 9.78. The smallest absolute Gasteiger partial charge is 0.261 e. The molecule has 0 unspecified atom stereocenters. The molecule has 0 bridgehead atoms. The van der Waals surface area contributed by atoms with Crippen LogP contribution in [0.1, 0.15) is 39.7 Å². The summed E-state index contributed by atoms with van der Waals surface area (Å²) in [4.78, 5) is 5.10. The lowest BCUT2D eigenvalue weighted by atomic mass is 9.98.